The number of anilines is 1. The number of hydrogen-bond acceptors (Lipinski definition) is 4. The summed E-state index contributed by atoms with van der Waals surface area (Å²) in [6, 6.07) is 6.70. The molecule has 2 aliphatic rings. The highest BCUT2D eigenvalue weighted by Crippen LogP contribution is 2.27. The van der Waals surface area contributed by atoms with E-state index in [0.29, 0.717) is 12.3 Å². The molecule has 0 aromatic heterocycles. The van der Waals surface area contributed by atoms with E-state index in [1.807, 2.05) is 30.9 Å². The third kappa shape index (κ3) is 4.94. The molecule has 1 aromatic carbocycles. The van der Waals surface area contributed by atoms with Crippen LogP contribution in [0, 0.1) is 11.8 Å². The fourth-order valence-corrected chi connectivity index (χ4v) is 4.16. The largest absolute Gasteiger partial charge is 0.497 e. The van der Waals surface area contributed by atoms with Crippen LogP contribution in [0.4, 0.5) is 5.69 Å². The van der Waals surface area contributed by atoms with E-state index in [0.717, 1.165) is 44.5 Å². The summed E-state index contributed by atoms with van der Waals surface area (Å²) in [7, 11) is 1.59. The molecule has 0 unspecified atom stereocenters. The molecule has 1 N–H and O–H groups in total. The van der Waals surface area contributed by atoms with Crippen LogP contribution in [-0.2, 0) is 14.4 Å². The van der Waals surface area contributed by atoms with Crippen molar-refractivity contribution in [3.63, 3.8) is 0 Å². The van der Waals surface area contributed by atoms with Crippen molar-refractivity contribution in [3.05, 3.63) is 24.3 Å². The molecule has 3 rings (SSSR count). The smallest absolute Gasteiger partial charge is 0.245 e. The normalized spacial score (nSPS) is 21.3. The molecule has 7 nitrogen and oxygen atoms in total. The van der Waals surface area contributed by atoms with Gasteiger partial charge in [0.1, 0.15) is 11.8 Å². The number of methoxy groups -OCH3 is 1. The van der Waals surface area contributed by atoms with Crippen molar-refractivity contribution in [1.82, 2.24) is 10.2 Å². The first-order valence-electron chi connectivity index (χ1n) is 11.0. The van der Waals surface area contributed by atoms with Gasteiger partial charge in [0.05, 0.1) is 13.0 Å². The average molecular weight is 416 g/mol. The number of carbonyl (C=O) groups excluding carboxylic acids is 3. The van der Waals surface area contributed by atoms with Crippen LogP contribution in [0.1, 0.15) is 46.0 Å². The van der Waals surface area contributed by atoms with Crippen molar-refractivity contribution in [1.29, 1.82) is 0 Å². The third-order valence-corrected chi connectivity index (χ3v) is 6.32. The van der Waals surface area contributed by atoms with Gasteiger partial charge in [-0.15, -0.1) is 0 Å². The number of nitrogens with zero attached hydrogens (tertiary/aromatic N) is 2. The molecule has 2 heterocycles. The third-order valence-electron chi connectivity index (χ3n) is 6.32. The Morgan fingerprint density at radius 3 is 2.43 bits per heavy atom. The SMILES string of the molecule is CC[C@H](C)[C@H](NC(=O)[C@@H]1CC(=O)N(c2ccc(OC)cc2)C1)C(=O)N1CCCCC1. The van der Waals surface area contributed by atoms with E-state index in [4.69, 9.17) is 4.74 Å². The topological polar surface area (TPSA) is 79.0 Å². The van der Waals surface area contributed by atoms with E-state index in [1.54, 1.807) is 24.1 Å². The van der Waals surface area contributed by atoms with Crippen molar-refractivity contribution in [2.45, 2.75) is 52.0 Å². The first kappa shape index (κ1) is 22.1. The highest BCUT2D eigenvalue weighted by atomic mass is 16.5. The Labute approximate surface area is 178 Å². The molecule has 1 aromatic rings. The zero-order chi connectivity index (χ0) is 21.7. The number of rotatable bonds is 7. The lowest BCUT2D eigenvalue weighted by Gasteiger charge is -2.33. The van der Waals surface area contributed by atoms with Gasteiger partial charge in [0.25, 0.3) is 0 Å². The molecule has 164 valence electrons. The molecule has 2 fully saturated rings. The standard InChI is InChI=1S/C23H33N3O4/c1-4-16(2)21(23(29)25-12-6-5-7-13-25)24-22(28)17-14-20(27)26(15-17)18-8-10-19(30-3)11-9-18/h8-11,16-17,21H,4-7,12-15H2,1-3H3,(H,24,28)/t16-,17+,21-/m0/s1. The Hall–Kier alpha value is -2.57. The van der Waals surface area contributed by atoms with Gasteiger partial charge in [0, 0.05) is 31.7 Å². The van der Waals surface area contributed by atoms with Crippen LogP contribution in [0.5, 0.6) is 5.75 Å². The van der Waals surface area contributed by atoms with Crippen LogP contribution >= 0.6 is 0 Å². The number of carbonyl (C=O) groups is 3. The predicted molar refractivity (Wildman–Crippen MR) is 115 cm³/mol. The summed E-state index contributed by atoms with van der Waals surface area (Å²) in [5.41, 5.74) is 0.749. The molecule has 0 saturated carbocycles. The summed E-state index contributed by atoms with van der Waals surface area (Å²) in [4.78, 5) is 42.1. The Bertz CT molecular complexity index is 758. The summed E-state index contributed by atoms with van der Waals surface area (Å²) in [6.07, 6.45) is 4.13. The van der Waals surface area contributed by atoms with Gasteiger partial charge in [0.2, 0.25) is 17.7 Å². The molecule has 0 aliphatic carbocycles. The number of ether oxygens (including phenoxy) is 1. The average Bonchev–Trinajstić information content (AvgIpc) is 3.18. The van der Waals surface area contributed by atoms with Gasteiger partial charge in [-0.05, 0) is 49.4 Å². The molecule has 3 amide bonds. The molecule has 2 saturated heterocycles. The number of amides is 3. The zero-order valence-corrected chi connectivity index (χ0v) is 18.2. The number of hydrogen-bond donors (Lipinski definition) is 1. The van der Waals surface area contributed by atoms with Gasteiger partial charge in [-0.2, -0.15) is 0 Å². The fraction of sp³-hybridized carbons (Fsp3) is 0.609. The molecular formula is C23H33N3O4. The second-order valence-corrected chi connectivity index (χ2v) is 8.36. The minimum absolute atomic E-state index is 0.00809. The van der Waals surface area contributed by atoms with Crippen molar-refractivity contribution >= 4 is 23.4 Å². The van der Waals surface area contributed by atoms with Crippen LogP contribution < -0.4 is 15.0 Å². The van der Waals surface area contributed by atoms with Gasteiger partial charge < -0.3 is 19.9 Å². The lowest BCUT2D eigenvalue weighted by atomic mass is 9.95. The van der Waals surface area contributed by atoms with Crippen LogP contribution in [0.25, 0.3) is 0 Å². The summed E-state index contributed by atoms with van der Waals surface area (Å²) >= 11 is 0. The Balaban J connectivity index is 1.66. The molecule has 0 bridgehead atoms. The van der Waals surface area contributed by atoms with Gasteiger partial charge >= 0.3 is 0 Å². The number of nitrogens with one attached hydrogen (secondary N) is 1. The Morgan fingerprint density at radius 1 is 1.17 bits per heavy atom. The van der Waals surface area contributed by atoms with Gasteiger partial charge in [-0.3, -0.25) is 14.4 Å². The van der Waals surface area contributed by atoms with Crippen molar-refractivity contribution < 1.29 is 19.1 Å². The summed E-state index contributed by atoms with van der Waals surface area (Å²) in [6.45, 7) is 5.86. The molecule has 7 heteroatoms. The first-order chi connectivity index (χ1) is 14.4. The zero-order valence-electron chi connectivity index (χ0n) is 18.2. The maximum Gasteiger partial charge on any atom is 0.245 e. The molecular weight excluding hydrogens is 382 g/mol. The van der Waals surface area contributed by atoms with Crippen molar-refractivity contribution in [2.24, 2.45) is 11.8 Å². The number of likely N-dealkylation sites (tertiary alicyclic amines) is 1. The second-order valence-electron chi connectivity index (χ2n) is 8.36. The Morgan fingerprint density at radius 2 is 1.83 bits per heavy atom. The van der Waals surface area contributed by atoms with E-state index >= 15 is 0 Å². The number of benzene rings is 1. The van der Waals surface area contributed by atoms with E-state index < -0.39 is 12.0 Å². The van der Waals surface area contributed by atoms with Gasteiger partial charge in [0.15, 0.2) is 0 Å². The highest BCUT2D eigenvalue weighted by Gasteiger charge is 2.38. The summed E-state index contributed by atoms with van der Waals surface area (Å²) in [5, 5.41) is 2.99. The van der Waals surface area contributed by atoms with Crippen molar-refractivity contribution in [2.75, 3.05) is 31.6 Å². The van der Waals surface area contributed by atoms with E-state index in [1.165, 1.54) is 0 Å². The monoisotopic (exact) mass is 415 g/mol. The fourth-order valence-electron chi connectivity index (χ4n) is 4.16. The summed E-state index contributed by atoms with van der Waals surface area (Å²) in [5.74, 6) is 0.0114. The van der Waals surface area contributed by atoms with Crippen LogP contribution in [0.15, 0.2) is 24.3 Å². The maximum absolute atomic E-state index is 13.1. The molecule has 2 aliphatic heterocycles. The lowest BCUT2D eigenvalue weighted by Crippen LogP contribution is -2.54. The predicted octanol–water partition coefficient (Wildman–Crippen LogP) is 2.59. The molecule has 3 atom stereocenters. The van der Waals surface area contributed by atoms with E-state index in [-0.39, 0.29) is 30.1 Å². The first-order valence-corrected chi connectivity index (χ1v) is 11.0. The van der Waals surface area contributed by atoms with E-state index in [9.17, 15) is 14.4 Å². The van der Waals surface area contributed by atoms with Gasteiger partial charge in [-0.1, -0.05) is 20.3 Å². The van der Waals surface area contributed by atoms with Crippen LogP contribution in [-0.4, -0.2) is 55.4 Å². The van der Waals surface area contributed by atoms with Gasteiger partial charge in [-0.25, -0.2) is 0 Å². The Kier molecular flexibility index (Phi) is 7.34. The molecule has 0 spiro atoms. The number of piperidine rings is 1. The minimum Gasteiger partial charge on any atom is -0.497 e. The molecule has 30 heavy (non-hydrogen) atoms. The van der Waals surface area contributed by atoms with E-state index in [2.05, 4.69) is 5.32 Å². The minimum atomic E-state index is -0.536. The highest BCUT2D eigenvalue weighted by molar-refractivity contribution is 6.01. The maximum atomic E-state index is 13.1. The lowest BCUT2D eigenvalue weighted by molar-refractivity contribution is -0.139. The van der Waals surface area contributed by atoms with Crippen LogP contribution in [0.3, 0.4) is 0 Å². The molecule has 0 radical (unpaired) electrons. The summed E-state index contributed by atoms with van der Waals surface area (Å²) < 4.78 is 5.16. The van der Waals surface area contributed by atoms with Crippen molar-refractivity contribution in [3.8, 4) is 5.75 Å². The van der Waals surface area contributed by atoms with Crippen LogP contribution in [0.2, 0.25) is 0 Å². The quantitative estimate of drug-likeness (QED) is 0.742. The second kappa shape index (κ2) is 9.96.